The van der Waals surface area contributed by atoms with E-state index < -0.39 is 23.5 Å². The quantitative estimate of drug-likeness (QED) is 0.228. The molecule has 0 bridgehead atoms. The van der Waals surface area contributed by atoms with Gasteiger partial charge in [-0.1, -0.05) is 35.9 Å². The van der Waals surface area contributed by atoms with E-state index in [1.165, 1.54) is 12.3 Å². The van der Waals surface area contributed by atoms with Crippen LogP contribution >= 0.6 is 11.6 Å². The Bertz CT molecular complexity index is 1480. The van der Waals surface area contributed by atoms with E-state index in [1.54, 1.807) is 41.1 Å². The summed E-state index contributed by atoms with van der Waals surface area (Å²) in [6.07, 6.45) is 2.55. The average Bonchev–Trinajstić information content (AvgIpc) is 2.94. The first-order valence-corrected chi connectivity index (χ1v) is 13.7. The van der Waals surface area contributed by atoms with Gasteiger partial charge >= 0.3 is 0 Å². The number of hydrogen-bond donors (Lipinski definition) is 1. The van der Waals surface area contributed by atoms with Gasteiger partial charge in [-0.15, -0.1) is 0 Å². The molecule has 0 spiro atoms. The number of piperidine rings is 1. The van der Waals surface area contributed by atoms with E-state index in [0.717, 1.165) is 19.5 Å². The van der Waals surface area contributed by atoms with Crippen molar-refractivity contribution in [1.82, 2.24) is 19.7 Å². The number of hydrogen-bond acceptors (Lipinski definition) is 6. The summed E-state index contributed by atoms with van der Waals surface area (Å²) in [5.41, 5.74) is 0.0222. The van der Waals surface area contributed by atoms with Crippen LogP contribution in [-0.2, 0) is 4.74 Å². The van der Waals surface area contributed by atoms with Crippen LogP contribution in [0.3, 0.4) is 0 Å². The van der Waals surface area contributed by atoms with Gasteiger partial charge in [-0.05, 0) is 38.5 Å². The first-order chi connectivity index (χ1) is 19.6. The summed E-state index contributed by atoms with van der Waals surface area (Å²) in [5.74, 6) is -5.41. The molecular formula is C29H31ClF4N6O. The minimum atomic E-state index is -2.92. The number of likely N-dealkylation sites (tertiary alicyclic amines) is 1. The molecule has 0 radical (unpaired) electrons. The molecule has 2 aliphatic heterocycles. The lowest BCUT2D eigenvalue weighted by Gasteiger charge is -2.35. The number of halogens is 5. The number of ether oxygens (including phenoxy) is 1. The number of alkyl halides is 2. The van der Waals surface area contributed by atoms with Crippen molar-refractivity contribution in [2.45, 2.75) is 12.3 Å². The van der Waals surface area contributed by atoms with Crippen molar-refractivity contribution in [3.05, 3.63) is 58.7 Å². The highest BCUT2D eigenvalue weighted by molar-refractivity contribution is 6.36. The molecule has 5 rings (SSSR count). The van der Waals surface area contributed by atoms with Gasteiger partial charge in [-0.25, -0.2) is 22.6 Å². The first kappa shape index (κ1) is 29.2. The van der Waals surface area contributed by atoms with E-state index in [1.807, 2.05) is 7.05 Å². The lowest BCUT2D eigenvalue weighted by Crippen LogP contribution is -2.48. The number of nitrogens with zero attached hydrogens (tertiary/aromatic N) is 5. The maximum atomic E-state index is 16.3. The molecule has 2 aliphatic rings. The number of piperazine rings is 1. The van der Waals surface area contributed by atoms with E-state index in [9.17, 15) is 13.2 Å². The Labute approximate surface area is 240 Å². The Hall–Kier alpha value is -3.28. The smallest absolute Gasteiger partial charge is 0.266 e. The number of benzene rings is 2. The van der Waals surface area contributed by atoms with Crippen LogP contribution in [0.25, 0.3) is 22.0 Å². The van der Waals surface area contributed by atoms with Crippen LogP contribution in [0.1, 0.15) is 12.0 Å². The van der Waals surface area contributed by atoms with Gasteiger partial charge in [0.25, 0.3) is 5.92 Å². The van der Waals surface area contributed by atoms with Crippen molar-refractivity contribution in [3.8, 4) is 11.3 Å². The zero-order valence-electron chi connectivity index (χ0n) is 22.8. The van der Waals surface area contributed by atoms with Gasteiger partial charge in [0.2, 0.25) is 0 Å². The van der Waals surface area contributed by atoms with Gasteiger partial charge in [0.15, 0.2) is 12.2 Å². The molecule has 2 fully saturated rings. The third-order valence-corrected chi connectivity index (χ3v) is 8.12. The molecule has 12 heteroatoms. The zero-order valence-corrected chi connectivity index (χ0v) is 23.6. The highest BCUT2D eigenvalue weighted by Crippen LogP contribution is 2.38. The maximum absolute atomic E-state index is 16.3. The van der Waals surface area contributed by atoms with Gasteiger partial charge in [0.05, 0.1) is 29.7 Å². The van der Waals surface area contributed by atoms with Gasteiger partial charge in [-0.3, -0.25) is 10.4 Å². The van der Waals surface area contributed by atoms with Crippen LogP contribution in [-0.4, -0.2) is 97.8 Å². The Morgan fingerprint density at radius 3 is 2.61 bits per heavy atom. The van der Waals surface area contributed by atoms with Crippen molar-refractivity contribution in [2.24, 2.45) is 10.9 Å². The zero-order chi connectivity index (χ0) is 29.3. The summed E-state index contributed by atoms with van der Waals surface area (Å²) in [6.45, 7) is 2.44. The fourth-order valence-electron chi connectivity index (χ4n) is 5.28. The highest BCUT2D eigenvalue weighted by atomic mass is 35.5. The Morgan fingerprint density at radius 2 is 1.88 bits per heavy atom. The predicted molar refractivity (Wildman–Crippen MR) is 153 cm³/mol. The molecular weight excluding hydrogens is 560 g/mol. The van der Waals surface area contributed by atoms with Crippen molar-refractivity contribution in [2.75, 3.05) is 60.0 Å². The third kappa shape index (κ3) is 6.02. The van der Waals surface area contributed by atoms with Gasteiger partial charge < -0.3 is 19.4 Å². The van der Waals surface area contributed by atoms with Gasteiger partial charge in [0.1, 0.15) is 23.0 Å². The summed E-state index contributed by atoms with van der Waals surface area (Å²) in [4.78, 5) is 14.0. The number of pyridine rings is 1. The molecule has 1 aromatic heterocycles. The third-order valence-electron chi connectivity index (χ3n) is 7.75. The normalized spacial score (nSPS) is 20.2. The molecule has 2 aromatic carbocycles. The molecule has 3 aromatic rings. The minimum absolute atomic E-state index is 0.0343. The van der Waals surface area contributed by atoms with Crippen molar-refractivity contribution >= 4 is 40.3 Å². The number of aromatic nitrogens is 1. The van der Waals surface area contributed by atoms with E-state index in [2.05, 4.69) is 14.9 Å². The second-order valence-corrected chi connectivity index (χ2v) is 11.0. The largest absolute Gasteiger partial charge is 0.483 e. The fourth-order valence-corrected chi connectivity index (χ4v) is 5.56. The number of fused-ring (bicyclic) bond motifs is 1. The summed E-state index contributed by atoms with van der Waals surface area (Å²) in [5, 5.41) is 9.54. The van der Waals surface area contributed by atoms with E-state index in [-0.39, 0.29) is 58.3 Å². The SMILES string of the molecule is CN1CCN(C(=N)c2cnc(-c3cccc4ccc(F)c(Cl)c34)c(F)c2N=COCC2CCN(C)CC2(F)F)CC1. The lowest BCUT2D eigenvalue weighted by atomic mass is 9.94. The summed E-state index contributed by atoms with van der Waals surface area (Å²) < 4.78 is 65.0. The van der Waals surface area contributed by atoms with E-state index >= 15 is 4.39 Å². The molecule has 218 valence electrons. The Balaban J connectivity index is 1.51. The maximum Gasteiger partial charge on any atom is 0.266 e. The monoisotopic (exact) mass is 590 g/mol. The van der Waals surface area contributed by atoms with Crippen LogP contribution in [0, 0.1) is 23.0 Å². The summed E-state index contributed by atoms with van der Waals surface area (Å²) >= 11 is 6.29. The molecule has 0 aliphatic carbocycles. The average molecular weight is 591 g/mol. The molecule has 0 amide bonds. The molecule has 7 nitrogen and oxygen atoms in total. The van der Waals surface area contributed by atoms with Crippen LogP contribution in [0.15, 0.2) is 41.5 Å². The van der Waals surface area contributed by atoms with Crippen molar-refractivity contribution < 1.29 is 22.3 Å². The number of nitrogens with one attached hydrogen (secondary N) is 1. The second kappa shape index (κ2) is 11.9. The topological polar surface area (TPSA) is 68.0 Å². The number of likely N-dealkylation sites (N-methyl/N-ethyl adjacent to an activating group) is 1. The standard InChI is InChI=1S/C29H31ClF4N6O/c1-38-10-12-40(13-11-38)28(35)21-14-36-26(20-5-3-4-18-6-7-22(31)24(30)23(18)20)25(32)27(21)37-17-41-15-19-8-9-39(2)16-29(19,33)34/h3-7,14,17,19,35H,8-13,15-16H2,1-2H3. The van der Waals surface area contributed by atoms with Gasteiger partial charge in [0, 0.05) is 43.3 Å². The highest BCUT2D eigenvalue weighted by Gasteiger charge is 2.43. The van der Waals surface area contributed by atoms with Crippen LogP contribution in [0.5, 0.6) is 0 Å². The van der Waals surface area contributed by atoms with E-state index in [4.69, 9.17) is 21.7 Å². The van der Waals surface area contributed by atoms with Crippen molar-refractivity contribution in [3.63, 3.8) is 0 Å². The summed E-state index contributed by atoms with van der Waals surface area (Å²) in [7, 11) is 3.63. The Morgan fingerprint density at radius 1 is 1.12 bits per heavy atom. The Kier molecular flexibility index (Phi) is 8.49. The molecule has 2 saturated heterocycles. The molecule has 3 heterocycles. The van der Waals surface area contributed by atoms with Crippen molar-refractivity contribution in [1.29, 1.82) is 5.41 Å². The first-order valence-electron chi connectivity index (χ1n) is 13.4. The number of aliphatic imine (C=N–C) groups is 1. The molecule has 1 atom stereocenters. The van der Waals surface area contributed by atoms with E-state index in [0.29, 0.717) is 25.0 Å². The molecule has 41 heavy (non-hydrogen) atoms. The lowest BCUT2D eigenvalue weighted by molar-refractivity contribution is -0.116. The predicted octanol–water partition coefficient (Wildman–Crippen LogP) is 5.67. The van der Waals surface area contributed by atoms with Crippen LogP contribution < -0.4 is 0 Å². The number of rotatable bonds is 6. The van der Waals surface area contributed by atoms with Crippen LogP contribution in [0.2, 0.25) is 5.02 Å². The second-order valence-electron chi connectivity index (χ2n) is 10.6. The molecule has 1 N–H and O–H groups in total. The number of amidine groups is 1. The fraction of sp³-hybridized carbons (Fsp3) is 0.414. The van der Waals surface area contributed by atoms with Gasteiger partial charge in [-0.2, -0.15) is 0 Å². The summed E-state index contributed by atoms with van der Waals surface area (Å²) in [6, 6.07) is 7.77. The molecule has 0 saturated carbocycles. The van der Waals surface area contributed by atoms with Crippen LogP contribution in [0.4, 0.5) is 23.2 Å². The minimum Gasteiger partial charge on any atom is -0.483 e. The molecule has 1 unspecified atom stereocenters.